The van der Waals surface area contributed by atoms with Gasteiger partial charge in [0.15, 0.2) is 0 Å². The number of halogens is 1. The van der Waals surface area contributed by atoms with Gasteiger partial charge >= 0.3 is 0 Å². The molecule has 4 nitrogen and oxygen atoms in total. The number of benzene rings is 2. The summed E-state index contributed by atoms with van der Waals surface area (Å²) in [7, 11) is 0. The predicted molar refractivity (Wildman–Crippen MR) is 106 cm³/mol. The van der Waals surface area contributed by atoms with Crippen LogP contribution in [0.25, 0.3) is 0 Å². The van der Waals surface area contributed by atoms with Gasteiger partial charge in [0, 0.05) is 37.9 Å². The van der Waals surface area contributed by atoms with Crippen molar-refractivity contribution in [1.82, 2.24) is 4.90 Å². The van der Waals surface area contributed by atoms with Crippen LogP contribution in [0.15, 0.2) is 47.6 Å². The molecule has 0 saturated carbocycles. The topological polar surface area (TPSA) is 39.1 Å². The molecule has 0 radical (unpaired) electrons. The largest absolute Gasteiger partial charge is 0.411 e. The molecule has 27 heavy (non-hydrogen) atoms. The molecular weight excluding hydrogens is 341 g/mol. The molecule has 0 aromatic heterocycles. The van der Waals surface area contributed by atoms with Gasteiger partial charge in [-0.05, 0) is 60.6 Å². The lowest BCUT2D eigenvalue weighted by atomic mass is 10.0. The van der Waals surface area contributed by atoms with Crippen molar-refractivity contribution in [3.05, 3.63) is 65.0 Å². The van der Waals surface area contributed by atoms with Crippen molar-refractivity contribution in [3.63, 3.8) is 0 Å². The first-order valence-electron chi connectivity index (χ1n) is 9.77. The molecule has 0 spiro atoms. The summed E-state index contributed by atoms with van der Waals surface area (Å²) >= 11 is 0. The number of piperidine rings is 1. The number of hydrogen-bond donors (Lipinski definition) is 1. The fourth-order valence-corrected chi connectivity index (χ4v) is 4.34. The van der Waals surface area contributed by atoms with Crippen LogP contribution in [0.1, 0.15) is 29.5 Å². The Bertz CT molecular complexity index is 798. The lowest BCUT2D eigenvalue weighted by Crippen LogP contribution is -2.45. The van der Waals surface area contributed by atoms with Gasteiger partial charge in [-0.15, -0.1) is 0 Å². The van der Waals surface area contributed by atoms with Gasteiger partial charge in [0.05, 0.1) is 6.21 Å². The molecule has 2 aromatic rings. The molecule has 5 heteroatoms. The predicted octanol–water partition coefficient (Wildman–Crippen LogP) is 3.70. The first kappa shape index (κ1) is 18.0. The third-order valence-corrected chi connectivity index (χ3v) is 5.88. The van der Waals surface area contributed by atoms with Crippen LogP contribution in [-0.2, 0) is 12.8 Å². The van der Waals surface area contributed by atoms with Gasteiger partial charge in [-0.2, -0.15) is 0 Å². The highest BCUT2D eigenvalue weighted by atomic mass is 19.1. The number of fused-ring (bicyclic) bond motifs is 1. The van der Waals surface area contributed by atoms with Crippen LogP contribution in [0, 0.1) is 5.82 Å². The number of anilines is 1. The second kappa shape index (κ2) is 8.09. The van der Waals surface area contributed by atoms with E-state index in [1.807, 2.05) is 18.2 Å². The van der Waals surface area contributed by atoms with Crippen LogP contribution < -0.4 is 4.90 Å². The summed E-state index contributed by atoms with van der Waals surface area (Å²) in [6, 6.07) is 13.7. The molecule has 0 amide bonds. The van der Waals surface area contributed by atoms with E-state index in [4.69, 9.17) is 5.21 Å². The number of oxime groups is 1. The van der Waals surface area contributed by atoms with Gasteiger partial charge in [0.25, 0.3) is 0 Å². The first-order valence-corrected chi connectivity index (χ1v) is 9.77. The third kappa shape index (κ3) is 4.14. The van der Waals surface area contributed by atoms with Gasteiger partial charge in [-0.25, -0.2) is 4.39 Å². The minimum absolute atomic E-state index is 0.168. The average molecular weight is 367 g/mol. The molecule has 2 aromatic carbocycles. The van der Waals surface area contributed by atoms with Gasteiger partial charge < -0.3 is 15.0 Å². The Balaban J connectivity index is 1.32. The molecule has 2 heterocycles. The lowest BCUT2D eigenvalue weighted by Gasteiger charge is -2.38. The van der Waals surface area contributed by atoms with E-state index in [2.05, 4.69) is 27.1 Å². The zero-order valence-electron chi connectivity index (χ0n) is 15.5. The molecule has 1 N–H and O–H groups in total. The van der Waals surface area contributed by atoms with E-state index in [0.29, 0.717) is 6.04 Å². The van der Waals surface area contributed by atoms with E-state index in [0.717, 1.165) is 44.6 Å². The quantitative estimate of drug-likeness (QED) is 0.498. The fraction of sp³-hybridized carbons (Fsp3) is 0.409. The summed E-state index contributed by atoms with van der Waals surface area (Å²) in [5.74, 6) is -0.168. The van der Waals surface area contributed by atoms with Crippen LogP contribution >= 0.6 is 0 Å². The highest BCUT2D eigenvalue weighted by Crippen LogP contribution is 2.33. The maximum atomic E-state index is 13.0. The number of nitrogens with zero attached hydrogens (tertiary/aromatic N) is 3. The maximum absolute atomic E-state index is 13.0. The van der Waals surface area contributed by atoms with Gasteiger partial charge in [-0.1, -0.05) is 29.4 Å². The van der Waals surface area contributed by atoms with E-state index < -0.39 is 0 Å². The molecule has 0 bridgehead atoms. The van der Waals surface area contributed by atoms with Crippen molar-refractivity contribution >= 4 is 11.9 Å². The van der Waals surface area contributed by atoms with Gasteiger partial charge in [0.1, 0.15) is 5.82 Å². The molecular formula is C22H26FN3O. The molecule has 1 saturated heterocycles. The summed E-state index contributed by atoms with van der Waals surface area (Å²) in [5, 5.41) is 11.9. The summed E-state index contributed by atoms with van der Waals surface area (Å²) in [4.78, 5) is 5.06. The van der Waals surface area contributed by atoms with Crippen molar-refractivity contribution in [3.8, 4) is 0 Å². The Kier molecular flexibility index (Phi) is 5.39. The molecule has 0 unspecified atom stereocenters. The van der Waals surface area contributed by atoms with Gasteiger partial charge in [-0.3, -0.25) is 0 Å². The summed E-state index contributed by atoms with van der Waals surface area (Å²) < 4.78 is 13.0. The first-order chi connectivity index (χ1) is 13.2. The molecule has 4 rings (SSSR count). The normalized spacial score (nSPS) is 18.3. The minimum atomic E-state index is -0.168. The van der Waals surface area contributed by atoms with E-state index in [1.54, 1.807) is 12.1 Å². The molecule has 142 valence electrons. The Morgan fingerprint density at radius 2 is 1.85 bits per heavy atom. The summed E-state index contributed by atoms with van der Waals surface area (Å²) in [5.41, 5.74) is 4.84. The minimum Gasteiger partial charge on any atom is -0.411 e. The Labute approximate surface area is 159 Å². The second-order valence-electron chi connectivity index (χ2n) is 7.53. The van der Waals surface area contributed by atoms with E-state index in [-0.39, 0.29) is 5.82 Å². The smallest absolute Gasteiger partial charge is 0.123 e. The average Bonchev–Trinajstić information content (AvgIpc) is 3.11. The van der Waals surface area contributed by atoms with E-state index >= 15 is 0 Å². The molecule has 2 aliphatic heterocycles. The van der Waals surface area contributed by atoms with Crippen molar-refractivity contribution in [2.75, 3.05) is 31.1 Å². The van der Waals surface area contributed by atoms with E-state index in [1.165, 1.54) is 35.9 Å². The summed E-state index contributed by atoms with van der Waals surface area (Å²) in [6.45, 7) is 4.33. The highest BCUT2D eigenvalue weighted by Gasteiger charge is 2.29. The van der Waals surface area contributed by atoms with Crippen molar-refractivity contribution in [2.45, 2.75) is 31.7 Å². The zero-order chi connectivity index (χ0) is 18.6. The number of hydrogen-bond acceptors (Lipinski definition) is 4. The standard InChI is InChI=1S/C22H26FN3O/c23-20-5-2-17(3-6-20)7-11-25-12-9-21(10-13-25)26-14-8-19-4-1-18(16-24-27)15-22(19)26/h1-6,15-16,21,27H,7-14H2/b24-16+. The van der Waals surface area contributed by atoms with E-state index in [9.17, 15) is 4.39 Å². The third-order valence-electron chi connectivity index (χ3n) is 5.88. The van der Waals surface area contributed by atoms with Crippen molar-refractivity contribution in [1.29, 1.82) is 0 Å². The van der Waals surface area contributed by atoms with Crippen LogP contribution in [0.5, 0.6) is 0 Å². The van der Waals surface area contributed by atoms with Crippen LogP contribution in [0.3, 0.4) is 0 Å². The number of rotatable bonds is 5. The maximum Gasteiger partial charge on any atom is 0.123 e. The lowest BCUT2D eigenvalue weighted by molar-refractivity contribution is 0.212. The monoisotopic (exact) mass is 367 g/mol. The Hall–Kier alpha value is -2.40. The van der Waals surface area contributed by atoms with Crippen LogP contribution in [0.2, 0.25) is 0 Å². The van der Waals surface area contributed by atoms with Crippen LogP contribution in [0.4, 0.5) is 10.1 Å². The molecule has 2 aliphatic rings. The molecule has 1 fully saturated rings. The fourth-order valence-electron chi connectivity index (χ4n) is 4.34. The van der Waals surface area contributed by atoms with Crippen molar-refractivity contribution < 1.29 is 9.60 Å². The number of likely N-dealkylation sites (tertiary alicyclic amines) is 1. The zero-order valence-corrected chi connectivity index (χ0v) is 15.5. The molecule has 0 atom stereocenters. The highest BCUT2D eigenvalue weighted by molar-refractivity contribution is 5.82. The van der Waals surface area contributed by atoms with Crippen LogP contribution in [-0.4, -0.2) is 48.5 Å². The van der Waals surface area contributed by atoms with Gasteiger partial charge in [0.2, 0.25) is 0 Å². The summed E-state index contributed by atoms with van der Waals surface area (Å²) in [6.07, 6.45) is 5.90. The van der Waals surface area contributed by atoms with Crippen molar-refractivity contribution in [2.24, 2.45) is 5.16 Å². The second-order valence-corrected chi connectivity index (χ2v) is 7.53. The Morgan fingerprint density at radius 1 is 1.07 bits per heavy atom. The SMILES string of the molecule is O/N=C/c1ccc2c(c1)N(C1CCN(CCc3ccc(F)cc3)CC1)CC2. The molecule has 0 aliphatic carbocycles. The Morgan fingerprint density at radius 3 is 2.59 bits per heavy atom.